The van der Waals surface area contributed by atoms with Crippen molar-refractivity contribution < 1.29 is 12.6 Å². The van der Waals surface area contributed by atoms with Gasteiger partial charge in [-0.25, -0.2) is 0 Å². The van der Waals surface area contributed by atoms with Crippen LogP contribution in [0.2, 0.25) is 0 Å². The van der Waals surface area contributed by atoms with E-state index in [9.17, 15) is 8.42 Å². The fourth-order valence-corrected chi connectivity index (χ4v) is 3.25. The van der Waals surface area contributed by atoms with Crippen LogP contribution in [0.1, 0.15) is 16.9 Å². The van der Waals surface area contributed by atoms with Gasteiger partial charge in [-0.1, -0.05) is 0 Å². The molecule has 1 aliphatic carbocycles. The van der Waals surface area contributed by atoms with E-state index in [0.717, 1.165) is 25.5 Å². The molecule has 84 valence electrons. The summed E-state index contributed by atoms with van der Waals surface area (Å²) in [6.45, 7) is 0.328. The lowest BCUT2D eigenvalue weighted by Crippen LogP contribution is -2.19. The Morgan fingerprint density at radius 3 is 3.13 bits per heavy atom. The van der Waals surface area contributed by atoms with Crippen LogP contribution in [-0.2, 0) is 27.1 Å². The Labute approximate surface area is 94.2 Å². The fourth-order valence-electron chi connectivity index (χ4n) is 1.88. The van der Waals surface area contributed by atoms with Crippen molar-refractivity contribution in [3.05, 3.63) is 21.9 Å². The van der Waals surface area contributed by atoms with Crippen molar-refractivity contribution in [1.82, 2.24) is 0 Å². The van der Waals surface area contributed by atoms with Gasteiger partial charge in [0, 0.05) is 4.88 Å². The molecule has 0 radical (unpaired) electrons. The topological polar surface area (TPSA) is 43.4 Å². The van der Waals surface area contributed by atoms with Crippen molar-refractivity contribution in [1.29, 1.82) is 0 Å². The second-order valence-corrected chi connectivity index (χ2v) is 6.61. The summed E-state index contributed by atoms with van der Waals surface area (Å²) in [5.41, 5.74) is 1.37. The smallest absolute Gasteiger partial charge is 0.264 e. The summed E-state index contributed by atoms with van der Waals surface area (Å²) < 4.78 is 26.5. The highest BCUT2D eigenvalue weighted by Gasteiger charge is 2.20. The molecule has 1 aromatic heterocycles. The van der Waals surface area contributed by atoms with E-state index in [1.807, 2.05) is 0 Å². The van der Waals surface area contributed by atoms with Crippen LogP contribution in [0.25, 0.3) is 0 Å². The standard InChI is InChI=1S/C10H14O3S2/c1-15(11,12)13-7-8-2-3-10-9(6-8)4-5-14-10/h4-5,8H,2-3,6-7H2,1H3. The third-order valence-corrected chi connectivity index (χ3v) is 4.23. The SMILES string of the molecule is CS(=O)(=O)OCC1CCc2sccc2C1. The zero-order valence-electron chi connectivity index (χ0n) is 8.60. The summed E-state index contributed by atoms with van der Waals surface area (Å²) in [6, 6.07) is 2.13. The first-order valence-electron chi connectivity index (χ1n) is 4.94. The number of aryl methyl sites for hydroxylation is 1. The highest BCUT2D eigenvalue weighted by atomic mass is 32.2. The molecule has 1 heterocycles. The van der Waals surface area contributed by atoms with Crippen molar-refractivity contribution in [3.8, 4) is 0 Å². The summed E-state index contributed by atoms with van der Waals surface area (Å²) in [5, 5.41) is 2.10. The number of hydrogen-bond donors (Lipinski definition) is 0. The van der Waals surface area contributed by atoms with E-state index in [0.29, 0.717) is 12.5 Å². The molecule has 5 heteroatoms. The minimum absolute atomic E-state index is 0.328. The lowest BCUT2D eigenvalue weighted by Gasteiger charge is -2.21. The summed E-state index contributed by atoms with van der Waals surface area (Å²) in [5.74, 6) is 0.349. The molecule has 15 heavy (non-hydrogen) atoms. The predicted molar refractivity (Wildman–Crippen MR) is 60.6 cm³/mol. The van der Waals surface area contributed by atoms with Gasteiger partial charge in [-0.3, -0.25) is 4.18 Å². The molecule has 0 aromatic carbocycles. The molecule has 0 saturated heterocycles. The molecule has 3 nitrogen and oxygen atoms in total. The van der Waals surface area contributed by atoms with Crippen LogP contribution in [0.15, 0.2) is 11.4 Å². The van der Waals surface area contributed by atoms with Gasteiger partial charge in [0.1, 0.15) is 0 Å². The number of thiophene rings is 1. The lowest BCUT2D eigenvalue weighted by molar-refractivity contribution is 0.242. The Morgan fingerprint density at radius 2 is 2.40 bits per heavy atom. The first-order valence-corrected chi connectivity index (χ1v) is 7.64. The first-order chi connectivity index (χ1) is 7.04. The average molecular weight is 246 g/mol. The predicted octanol–water partition coefficient (Wildman–Crippen LogP) is 1.83. The first kappa shape index (κ1) is 11.1. The van der Waals surface area contributed by atoms with Crippen molar-refractivity contribution in [2.45, 2.75) is 19.3 Å². The third-order valence-electron chi connectivity index (χ3n) is 2.64. The number of fused-ring (bicyclic) bond motifs is 1. The molecule has 1 unspecified atom stereocenters. The summed E-state index contributed by atoms with van der Waals surface area (Å²) in [6.07, 6.45) is 4.15. The monoisotopic (exact) mass is 246 g/mol. The van der Waals surface area contributed by atoms with Gasteiger partial charge >= 0.3 is 0 Å². The fraction of sp³-hybridized carbons (Fsp3) is 0.600. The van der Waals surface area contributed by atoms with Crippen molar-refractivity contribution in [2.75, 3.05) is 12.9 Å². The molecule has 0 bridgehead atoms. The maximum Gasteiger partial charge on any atom is 0.264 e. The van der Waals surface area contributed by atoms with Crippen molar-refractivity contribution in [2.24, 2.45) is 5.92 Å². The van der Waals surface area contributed by atoms with E-state index in [4.69, 9.17) is 4.18 Å². The quantitative estimate of drug-likeness (QED) is 0.764. The highest BCUT2D eigenvalue weighted by molar-refractivity contribution is 7.85. The molecule has 1 aromatic rings. The number of rotatable bonds is 3. The second-order valence-electron chi connectivity index (χ2n) is 3.97. The van der Waals surface area contributed by atoms with Gasteiger partial charge in [-0.2, -0.15) is 8.42 Å². The van der Waals surface area contributed by atoms with E-state index in [-0.39, 0.29) is 0 Å². The Morgan fingerprint density at radius 1 is 1.60 bits per heavy atom. The molecule has 1 aliphatic rings. The molecular weight excluding hydrogens is 232 g/mol. The van der Waals surface area contributed by atoms with Gasteiger partial charge in [-0.15, -0.1) is 11.3 Å². The van der Waals surface area contributed by atoms with Crippen molar-refractivity contribution in [3.63, 3.8) is 0 Å². The normalized spacial score (nSPS) is 21.3. The largest absolute Gasteiger partial charge is 0.270 e. The average Bonchev–Trinajstić information content (AvgIpc) is 2.60. The zero-order valence-corrected chi connectivity index (χ0v) is 10.2. The Balaban J connectivity index is 1.93. The molecule has 0 N–H and O–H groups in total. The van der Waals surface area contributed by atoms with Gasteiger partial charge in [0.15, 0.2) is 0 Å². The van der Waals surface area contributed by atoms with Gasteiger partial charge in [0.25, 0.3) is 10.1 Å². The molecule has 0 amide bonds. The maximum atomic E-state index is 10.8. The van der Waals surface area contributed by atoms with Crippen LogP contribution in [-0.4, -0.2) is 21.3 Å². The van der Waals surface area contributed by atoms with Crippen LogP contribution in [0, 0.1) is 5.92 Å². The molecule has 2 rings (SSSR count). The number of hydrogen-bond acceptors (Lipinski definition) is 4. The van der Waals surface area contributed by atoms with Crippen LogP contribution in [0.4, 0.5) is 0 Å². The summed E-state index contributed by atoms with van der Waals surface area (Å²) in [7, 11) is -3.28. The van der Waals surface area contributed by atoms with Crippen LogP contribution >= 0.6 is 11.3 Å². The van der Waals surface area contributed by atoms with Gasteiger partial charge < -0.3 is 0 Å². The van der Waals surface area contributed by atoms with Gasteiger partial charge in [0.2, 0.25) is 0 Å². The highest BCUT2D eigenvalue weighted by Crippen LogP contribution is 2.29. The van der Waals surface area contributed by atoms with E-state index in [1.54, 1.807) is 11.3 Å². The minimum atomic E-state index is -3.28. The lowest BCUT2D eigenvalue weighted by atomic mass is 9.89. The Hall–Kier alpha value is -0.390. The van der Waals surface area contributed by atoms with Crippen molar-refractivity contribution >= 4 is 21.5 Å². The van der Waals surface area contributed by atoms with Gasteiger partial charge in [0.05, 0.1) is 12.9 Å². The summed E-state index contributed by atoms with van der Waals surface area (Å²) in [4.78, 5) is 1.45. The van der Waals surface area contributed by atoms with Crippen LogP contribution in [0.5, 0.6) is 0 Å². The zero-order chi connectivity index (χ0) is 10.9. The molecule has 0 aliphatic heterocycles. The molecule has 1 atom stereocenters. The van der Waals surface area contributed by atoms with Crippen LogP contribution < -0.4 is 0 Å². The van der Waals surface area contributed by atoms with E-state index in [1.165, 1.54) is 10.4 Å². The van der Waals surface area contributed by atoms with E-state index < -0.39 is 10.1 Å². The minimum Gasteiger partial charge on any atom is -0.270 e. The Bertz CT molecular complexity index is 433. The maximum absolute atomic E-state index is 10.8. The molecular formula is C10H14O3S2. The van der Waals surface area contributed by atoms with Crippen LogP contribution in [0.3, 0.4) is 0 Å². The van der Waals surface area contributed by atoms with E-state index >= 15 is 0 Å². The molecule has 0 fully saturated rings. The van der Waals surface area contributed by atoms with E-state index in [2.05, 4.69) is 11.4 Å². The molecule has 0 saturated carbocycles. The second kappa shape index (κ2) is 4.23. The molecule has 0 spiro atoms. The Kier molecular flexibility index (Phi) is 3.13. The third kappa shape index (κ3) is 3.03. The van der Waals surface area contributed by atoms with Gasteiger partial charge in [-0.05, 0) is 42.2 Å². The summed E-state index contributed by atoms with van der Waals surface area (Å²) >= 11 is 1.79.